The molecule has 0 saturated carbocycles. The van der Waals surface area contributed by atoms with Crippen LogP contribution in [0.4, 0.5) is 0 Å². The molecule has 0 bridgehead atoms. The molecule has 0 saturated heterocycles. The predicted molar refractivity (Wildman–Crippen MR) is 117 cm³/mol. The van der Waals surface area contributed by atoms with Crippen LogP contribution < -0.4 is 15.4 Å². The van der Waals surface area contributed by atoms with Crippen LogP contribution in [-0.4, -0.2) is 57.2 Å². The Morgan fingerprint density at radius 2 is 1.81 bits per heavy atom. The standard InChI is InChI=1S/C22H40N4O/c1-7-23-22(24-15-8-9-17-26(5)18(2)3)25-16-14-19(4)20-10-12-21(27-6)13-11-20/h10-13,18-19H,7-9,14-17H2,1-6H3,(H2,23,24,25). The summed E-state index contributed by atoms with van der Waals surface area (Å²) in [7, 11) is 3.88. The van der Waals surface area contributed by atoms with Gasteiger partial charge in [-0.3, -0.25) is 4.99 Å². The fourth-order valence-electron chi connectivity index (χ4n) is 2.77. The molecule has 0 spiro atoms. The lowest BCUT2D eigenvalue weighted by atomic mass is 9.98. The maximum absolute atomic E-state index is 5.23. The van der Waals surface area contributed by atoms with Crippen molar-refractivity contribution in [3.63, 3.8) is 0 Å². The molecular formula is C22H40N4O. The third-order valence-electron chi connectivity index (χ3n) is 4.97. The van der Waals surface area contributed by atoms with E-state index in [-0.39, 0.29) is 0 Å². The summed E-state index contributed by atoms with van der Waals surface area (Å²) in [6.07, 6.45) is 3.37. The first kappa shape index (κ1) is 23.3. The lowest BCUT2D eigenvalue weighted by molar-refractivity contribution is 0.269. The molecule has 0 amide bonds. The molecule has 0 aromatic heterocycles. The molecule has 5 heteroatoms. The van der Waals surface area contributed by atoms with Crippen LogP contribution in [0.1, 0.15) is 58.4 Å². The largest absolute Gasteiger partial charge is 0.497 e. The number of methoxy groups -OCH3 is 1. The highest BCUT2D eigenvalue weighted by molar-refractivity contribution is 5.79. The molecule has 0 fully saturated rings. The monoisotopic (exact) mass is 376 g/mol. The number of guanidine groups is 1. The zero-order valence-corrected chi connectivity index (χ0v) is 18.2. The van der Waals surface area contributed by atoms with E-state index < -0.39 is 0 Å². The minimum absolute atomic E-state index is 0.498. The Kier molecular flexibility index (Phi) is 11.6. The van der Waals surface area contributed by atoms with Crippen molar-refractivity contribution in [3.8, 4) is 5.75 Å². The molecule has 27 heavy (non-hydrogen) atoms. The van der Waals surface area contributed by atoms with Crippen molar-refractivity contribution in [2.45, 2.75) is 58.9 Å². The number of hydrogen-bond acceptors (Lipinski definition) is 3. The highest BCUT2D eigenvalue weighted by atomic mass is 16.5. The SMILES string of the molecule is CCNC(=NCCCCN(C)C(C)C)NCCC(C)c1ccc(OC)cc1. The average molecular weight is 377 g/mol. The Balaban J connectivity index is 2.33. The Bertz CT molecular complexity index is 528. The summed E-state index contributed by atoms with van der Waals surface area (Å²) in [5.74, 6) is 2.33. The topological polar surface area (TPSA) is 48.9 Å². The second-order valence-electron chi connectivity index (χ2n) is 7.43. The van der Waals surface area contributed by atoms with Gasteiger partial charge in [0.1, 0.15) is 5.75 Å². The molecule has 0 aliphatic heterocycles. The van der Waals surface area contributed by atoms with E-state index in [1.807, 2.05) is 12.1 Å². The van der Waals surface area contributed by atoms with E-state index in [1.165, 1.54) is 12.0 Å². The van der Waals surface area contributed by atoms with Crippen molar-refractivity contribution < 1.29 is 4.74 Å². The minimum Gasteiger partial charge on any atom is -0.497 e. The Labute approximate surface area is 166 Å². The molecule has 2 N–H and O–H groups in total. The quantitative estimate of drug-likeness (QED) is 0.330. The van der Waals surface area contributed by atoms with E-state index in [1.54, 1.807) is 7.11 Å². The van der Waals surface area contributed by atoms with E-state index in [0.29, 0.717) is 12.0 Å². The zero-order chi connectivity index (χ0) is 20.1. The number of unbranched alkanes of at least 4 members (excludes halogenated alkanes) is 1. The van der Waals surface area contributed by atoms with Gasteiger partial charge in [0.05, 0.1) is 7.11 Å². The summed E-state index contributed by atoms with van der Waals surface area (Å²) >= 11 is 0. The van der Waals surface area contributed by atoms with E-state index in [0.717, 1.165) is 50.7 Å². The molecule has 1 aromatic rings. The Hall–Kier alpha value is -1.75. The Morgan fingerprint density at radius 3 is 2.41 bits per heavy atom. The fraction of sp³-hybridized carbons (Fsp3) is 0.682. The van der Waals surface area contributed by atoms with Crippen molar-refractivity contribution in [2.24, 2.45) is 4.99 Å². The normalized spacial score (nSPS) is 13.1. The molecule has 0 aliphatic rings. The third-order valence-corrected chi connectivity index (χ3v) is 4.97. The molecule has 0 radical (unpaired) electrons. The molecule has 1 atom stereocenters. The first-order chi connectivity index (χ1) is 13.0. The van der Waals surface area contributed by atoms with Crippen LogP contribution in [0.3, 0.4) is 0 Å². The van der Waals surface area contributed by atoms with E-state index >= 15 is 0 Å². The summed E-state index contributed by atoms with van der Waals surface area (Å²) in [6, 6.07) is 8.97. The van der Waals surface area contributed by atoms with Crippen LogP contribution in [0.5, 0.6) is 5.75 Å². The van der Waals surface area contributed by atoms with Gasteiger partial charge in [0.2, 0.25) is 0 Å². The molecular weight excluding hydrogens is 336 g/mol. The number of rotatable bonds is 12. The lowest BCUT2D eigenvalue weighted by Crippen LogP contribution is -2.38. The van der Waals surface area contributed by atoms with E-state index in [4.69, 9.17) is 9.73 Å². The van der Waals surface area contributed by atoms with Gasteiger partial charge >= 0.3 is 0 Å². The summed E-state index contributed by atoms with van der Waals surface area (Å²) in [4.78, 5) is 7.09. The second kappa shape index (κ2) is 13.4. The number of ether oxygens (including phenoxy) is 1. The number of hydrogen-bond donors (Lipinski definition) is 2. The molecule has 1 unspecified atom stereocenters. The molecule has 154 valence electrons. The van der Waals surface area contributed by atoms with Gasteiger partial charge in [-0.1, -0.05) is 19.1 Å². The summed E-state index contributed by atoms with van der Waals surface area (Å²) in [5.41, 5.74) is 1.34. The highest BCUT2D eigenvalue weighted by Gasteiger charge is 2.06. The van der Waals surface area contributed by atoms with Crippen LogP contribution in [-0.2, 0) is 0 Å². The van der Waals surface area contributed by atoms with Gasteiger partial charge < -0.3 is 20.3 Å². The molecule has 1 aromatic carbocycles. The maximum Gasteiger partial charge on any atom is 0.191 e. The van der Waals surface area contributed by atoms with Crippen molar-refractivity contribution >= 4 is 5.96 Å². The van der Waals surface area contributed by atoms with Crippen molar-refractivity contribution in [3.05, 3.63) is 29.8 Å². The molecule has 1 rings (SSSR count). The Morgan fingerprint density at radius 1 is 1.11 bits per heavy atom. The third kappa shape index (κ3) is 9.66. The van der Waals surface area contributed by atoms with Crippen LogP contribution >= 0.6 is 0 Å². The van der Waals surface area contributed by atoms with Gasteiger partial charge in [-0.2, -0.15) is 0 Å². The van der Waals surface area contributed by atoms with Gasteiger partial charge in [0, 0.05) is 25.7 Å². The average Bonchev–Trinajstić information content (AvgIpc) is 2.67. The second-order valence-corrected chi connectivity index (χ2v) is 7.43. The summed E-state index contributed by atoms with van der Waals surface area (Å²) < 4.78 is 5.23. The number of nitrogens with one attached hydrogen (secondary N) is 2. The number of nitrogens with zero attached hydrogens (tertiary/aromatic N) is 2. The smallest absolute Gasteiger partial charge is 0.191 e. The lowest BCUT2D eigenvalue weighted by Gasteiger charge is -2.20. The fourth-order valence-corrected chi connectivity index (χ4v) is 2.77. The number of aliphatic imine (C=N–C) groups is 1. The van der Waals surface area contributed by atoms with Gasteiger partial charge in [-0.15, -0.1) is 0 Å². The maximum atomic E-state index is 5.23. The zero-order valence-electron chi connectivity index (χ0n) is 18.2. The van der Waals surface area contributed by atoms with E-state index in [9.17, 15) is 0 Å². The minimum atomic E-state index is 0.498. The van der Waals surface area contributed by atoms with Gasteiger partial charge in [0.25, 0.3) is 0 Å². The predicted octanol–water partition coefficient (Wildman–Crippen LogP) is 3.86. The molecule has 0 heterocycles. The first-order valence-corrected chi connectivity index (χ1v) is 10.3. The summed E-state index contributed by atoms with van der Waals surface area (Å²) in [6.45, 7) is 12.6. The van der Waals surface area contributed by atoms with Crippen LogP contribution in [0.15, 0.2) is 29.3 Å². The van der Waals surface area contributed by atoms with Crippen molar-refractivity contribution in [1.82, 2.24) is 15.5 Å². The molecule has 5 nitrogen and oxygen atoms in total. The van der Waals surface area contributed by atoms with Crippen LogP contribution in [0.25, 0.3) is 0 Å². The summed E-state index contributed by atoms with van der Waals surface area (Å²) in [5, 5.41) is 6.81. The van der Waals surface area contributed by atoms with Crippen molar-refractivity contribution in [2.75, 3.05) is 40.3 Å². The first-order valence-electron chi connectivity index (χ1n) is 10.3. The molecule has 0 aliphatic carbocycles. The van der Waals surface area contributed by atoms with Crippen LogP contribution in [0.2, 0.25) is 0 Å². The van der Waals surface area contributed by atoms with Gasteiger partial charge in [0.15, 0.2) is 5.96 Å². The van der Waals surface area contributed by atoms with Crippen molar-refractivity contribution in [1.29, 1.82) is 0 Å². The highest BCUT2D eigenvalue weighted by Crippen LogP contribution is 2.21. The number of benzene rings is 1. The van der Waals surface area contributed by atoms with E-state index in [2.05, 4.69) is 62.4 Å². The van der Waals surface area contributed by atoms with Gasteiger partial charge in [-0.05, 0) is 77.2 Å². The van der Waals surface area contributed by atoms with Crippen LogP contribution in [0, 0.1) is 0 Å². The van der Waals surface area contributed by atoms with Gasteiger partial charge in [-0.25, -0.2) is 0 Å².